The van der Waals surface area contributed by atoms with E-state index in [4.69, 9.17) is 9.47 Å². The van der Waals surface area contributed by atoms with Crippen LogP contribution in [0.15, 0.2) is 24.3 Å². The molecule has 0 aliphatic carbocycles. The second-order valence-electron chi connectivity index (χ2n) is 5.28. The minimum Gasteiger partial charge on any atom is -0.497 e. The third kappa shape index (κ3) is 4.57. The smallest absolute Gasteiger partial charge is 0.351 e. The Labute approximate surface area is 154 Å². The summed E-state index contributed by atoms with van der Waals surface area (Å²) in [7, 11) is 2.96. The predicted molar refractivity (Wildman–Crippen MR) is 96.3 cm³/mol. The number of nitrogens with zero attached hydrogens (tertiary/aromatic N) is 1. The van der Waals surface area contributed by atoms with Crippen molar-refractivity contribution in [3.63, 3.8) is 0 Å². The van der Waals surface area contributed by atoms with Crippen molar-refractivity contribution in [2.45, 2.75) is 20.0 Å². The molecule has 0 spiro atoms. The zero-order valence-electron chi connectivity index (χ0n) is 14.8. The van der Waals surface area contributed by atoms with Gasteiger partial charge in [0.15, 0.2) is 6.10 Å². The van der Waals surface area contributed by atoms with Gasteiger partial charge in [0.25, 0.3) is 5.91 Å². The lowest BCUT2D eigenvalue weighted by Crippen LogP contribution is -2.43. The average Bonchev–Trinajstić information content (AvgIpc) is 3.03. The molecule has 0 fully saturated rings. The number of hydrogen-bond acceptors (Lipinski definition) is 7. The largest absolute Gasteiger partial charge is 0.497 e. The number of nitrogens with one attached hydrogen (secondary N) is 2. The molecule has 1 heterocycles. The number of carbonyl (C=O) groups is 3. The summed E-state index contributed by atoms with van der Waals surface area (Å²) in [5.74, 6) is -0.660. The van der Waals surface area contributed by atoms with Crippen molar-refractivity contribution in [2.24, 2.45) is 0 Å². The lowest BCUT2D eigenvalue weighted by Gasteiger charge is -2.12. The van der Waals surface area contributed by atoms with Crippen LogP contribution in [0.25, 0.3) is 10.6 Å². The lowest BCUT2D eigenvalue weighted by atomic mass is 10.2. The maximum absolute atomic E-state index is 12.3. The Bertz CT molecular complexity index is 816. The van der Waals surface area contributed by atoms with Gasteiger partial charge >= 0.3 is 12.0 Å². The Morgan fingerprint density at radius 3 is 2.42 bits per heavy atom. The fraction of sp³-hybridized carbons (Fsp3) is 0.294. The maximum atomic E-state index is 12.3. The molecular weight excluding hydrogens is 358 g/mol. The van der Waals surface area contributed by atoms with Crippen LogP contribution < -0.4 is 15.4 Å². The summed E-state index contributed by atoms with van der Waals surface area (Å²) in [5, 5.41) is 4.95. The van der Waals surface area contributed by atoms with Crippen molar-refractivity contribution in [3.8, 4) is 16.3 Å². The molecule has 8 nitrogen and oxygen atoms in total. The van der Waals surface area contributed by atoms with Crippen LogP contribution in [-0.2, 0) is 9.53 Å². The molecule has 0 bridgehead atoms. The molecule has 0 unspecified atom stereocenters. The van der Waals surface area contributed by atoms with Crippen molar-refractivity contribution in [2.75, 3.05) is 14.2 Å². The van der Waals surface area contributed by atoms with E-state index in [0.717, 1.165) is 11.3 Å². The molecule has 138 valence electrons. The van der Waals surface area contributed by atoms with Crippen LogP contribution in [0.3, 0.4) is 0 Å². The second-order valence-corrected chi connectivity index (χ2v) is 6.28. The van der Waals surface area contributed by atoms with E-state index in [1.54, 1.807) is 26.2 Å². The highest BCUT2D eigenvalue weighted by atomic mass is 32.1. The molecular formula is C17H19N3O5S. The van der Waals surface area contributed by atoms with Crippen LogP contribution in [0.5, 0.6) is 5.75 Å². The molecule has 1 aromatic carbocycles. The van der Waals surface area contributed by atoms with E-state index in [9.17, 15) is 14.4 Å². The predicted octanol–water partition coefficient (Wildman–Crippen LogP) is 2.13. The van der Waals surface area contributed by atoms with Gasteiger partial charge < -0.3 is 14.8 Å². The first kappa shape index (κ1) is 19.4. The van der Waals surface area contributed by atoms with Crippen molar-refractivity contribution in [3.05, 3.63) is 34.8 Å². The third-order valence-corrected chi connectivity index (χ3v) is 4.62. The normalized spacial score (nSPS) is 11.4. The van der Waals surface area contributed by atoms with E-state index in [1.807, 2.05) is 12.1 Å². The molecule has 1 atom stereocenters. The first-order chi connectivity index (χ1) is 12.3. The van der Waals surface area contributed by atoms with Gasteiger partial charge in [-0.2, -0.15) is 0 Å². The number of esters is 1. The second kappa shape index (κ2) is 8.43. The quantitative estimate of drug-likeness (QED) is 0.773. The van der Waals surface area contributed by atoms with E-state index in [2.05, 4.69) is 15.6 Å². The molecule has 0 saturated heterocycles. The van der Waals surface area contributed by atoms with Gasteiger partial charge in [-0.25, -0.2) is 14.6 Å². The molecule has 2 N–H and O–H groups in total. The minimum absolute atomic E-state index is 0.301. The highest BCUT2D eigenvalue weighted by Crippen LogP contribution is 2.29. The van der Waals surface area contributed by atoms with E-state index < -0.39 is 24.0 Å². The summed E-state index contributed by atoms with van der Waals surface area (Å²) in [6.45, 7) is 3.08. The Morgan fingerprint density at radius 2 is 1.85 bits per heavy atom. The standard InChI is InChI=1S/C17H19N3O5S/c1-9-13(16(22)25-10(2)14(21)20-17(23)18-3)26-15(19-9)11-5-7-12(24-4)8-6-11/h5-8,10H,1-4H3,(H2,18,20,21,23)/t10-/m1/s1. The minimum atomic E-state index is -1.12. The molecule has 26 heavy (non-hydrogen) atoms. The number of thiazole rings is 1. The van der Waals surface area contributed by atoms with Crippen molar-refractivity contribution >= 4 is 29.2 Å². The summed E-state index contributed by atoms with van der Waals surface area (Å²) in [6.07, 6.45) is -1.12. The first-order valence-corrected chi connectivity index (χ1v) is 8.52. The zero-order valence-corrected chi connectivity index (χ0v) is 15.6. The fourth-order valence-corrected chi connectivity index (χ4v) is 2.94. The van der Waals surface area contributed by atoms with E-state index >= 15 is 0 Å². The Balaban J connectivity index is 2.10. The highest BCUT2D eigenvalue weighted by molar-refractivity contribution is 7.17. The van der Waals surface area contributed by atoms with Crippen LogP contribution in [0, 0.1) is 6.92 Å². The average molecular weight is 377 g/mol. The molecule has 0 radical (unpaired) electrons. The van der Waals surface area contributed by atoms with Gasteiger partial charge in [-0.15, -0.1) is 11.3 Å². The van der Waals surface area contributed by atoms with Gasteiger partial charge in [-0.1, -0.05) is 0 Å². The number of amides is 3. The van der Waals surface area contributed by atoms with Gasteiger partial charge in [-0.05, 0) is 38.1 Å². The molecule has 0 saturated carbocycles. The molecule has 3 amide bonds. The summed E-state index contributed by atoms with van der Waals surface area (Å²) in [6, 6.07) is 6.61. The molecule has 0 aliphatic heterocycles. The molecule has 9 heteroatoms. The Hall–Kier alpha value is -2.94. The van der Waals surface area contributed by atoms with Crippen LogP contribution in [0.4, 0.5) is 4.79 Å². The van der Waals surface area contributed by atoms with Crippen LogP contribution >= 0.6 is 11.3 Å². The Kier molecular flexibility index (Phi) is 6.29. The van der Waals surface area contributed by atoms with E-state index in [-0.39, 0.29) is 0 Å². The number of ether oxygens (including phenoxy) is 2. The number of benzene rings is 1. The van der Waals surface area contributed by atoms with Crippen LogP contribution in [0.2, 0.25) is 0 Å². The van der Waals surface area contributed by atoms with Gasteiger partial charge in [-0.3, -0.25) is 10.1 Å². The number of imide groups is 1. The number of aromatic nitrogens is 1. The van der Waals surface area contributed by atoms with Gasteiger partial charge in [0.2, 0.25) is 0 Å². The van der Waals surface area contributed by atoms with E-state index in [1.165, 1.54) is 25.3 Å². The van der Waals surface area contributed by atoms with Crippen molar-refractivity contribution in [1.29, 1.82) is 0 Å². The molecule has 0 aliphatic rings. The summed E-state index contributed by atoms with van der Waals surface area (Å²) < 4.78 is 10.2. The van der Waals surface area contributed by atoms with Crippen molar-refractivity contribution in [1.82, 2.24) is 15.6 Å². The van der Waals surface area contributed by atoms with Crippen LogP contribution in [-0.4, -0.2) is 43.2 Å². The monoisotopic (exact) mass is 377 g/mol. The zero-order chi connectivity index (χ0) is 19.3. The topological polar surface area (TPSA) is 107 Å². The highest BCUT2D eigenvalue weighted by Gasteiger charge is 2.24. The lowest BCUT2D eigenvalue weighted by molar-refractivity contribution is -0.127. The summed E-state index contributed by atoms with van der Waals surface area (Å²) in [4.78, 5) is 39.9. The summed E-state index contributed by atoms with van der Waals surface area (Å²) in [5.41, 5.74) is 1.34. The number of aryl methyl sites for hydroxylation is 1. The molecule has 2 aromatic rings. The fourth-order valence-electron chi connectivity index (χ4n) is 1.99. The maximum Gasteiger partial charge on any atom is 0.351 e. The number of carbonyl (C=O) groups excluding carboxylic acids is 3. The molecule has 1 aromatic heterocycles. The van der Waals surface area contributed by atoms with Gasteiger partial charge in [0.1, 0.15) is 15.6 Å². The third-order valence-electron chi connectivity index (χ3n) is 3.44. The SMILES string of the molecule is CNC(=O)NC(=O)[C@@H](C)OC(=O)c1sc(-c2ccc(OC)cc2)nc1C. The number of hydrogen-bond donors (Lipinski definition) is 2. The number of rotatable bonds is 5. The van der Waals surface area contributed by atoms with Gasteiger partial charge in [0.05, 0.1) is 12.8 Å². The number of urea groups is 1. The van der Waals surface area contributed by atoms with Crippen LogP contribution in [0.1, 0.15) is 22.3 Å². The first-order valence-electron chi connectivity index (χ1n) is 7.71. The van der Waals surface area contributed by atoms with Gasteiger partial charge in [0, 0.05) is 12.6 Å². The van der Waals surface area contributed by atoms with Crippen molar-refractivity contribution < 1.29 is 23.9 Å². The molecule has 2 rings (SSSR count). The van der Waals surface area contributed by atoms with E-state index in [0.29, 0.717) is 15.6 Å². The summed E-state index contributed by atoms with van der Waals surface area (Å²) >= 11 is 1.17. The Morgan fingerprint density at radius 1 is 1.19 bits per heavy atom. The number of methoxy groups -OCH3 is 1.